The van der Waals surface area contributed by atoms with Crippen molar-refractivity contribution in [2.45, 2.75) is 44.6 Å². The van der Waals surface area contributed by atoms with Gasteiger partial charge < -0.3 is 19.8 Å². The van der Waals surface area contributed by atoms with E-state index >= 15 is 0 Å². The van der Waals surface area contributed by atoms with Gasteiger partial charge in [-0.2, -0.15) is 4.72 Å². The van der Waals surface area contributed by atoms with E-state index in [4.69, 9.17) is 9.15 Å². The first-order valence-corrected chi connectivity index (χ1v) is 15.4. The molecule has 1 aliphatic carbocycles. The van der Waals surface area contributed by atoms with E-state index in [1.807, 2.05) is 0 Å². The number of sulfonamides is 1. The van der Waals surface area contributed by atoms with Crippen molar-refractivity contribution in [1.82, 2.24) is 4.72 Å². The summed E-state index contributed by atoms with van der Waals surface area (Å²) >= 11 is 0. The second kappa shape index (κ2) is 12.0. The molecule has 1 aromatic heterocycles. The molecule has 43 heavy (non-hydrogen) atoms. The van der Waals surface area contributed by atoms with Gasteiger partial charge in [0.15, 0.2) is 5.76 Å². The standard InChI is InChI=1S/C32H33N3O7S/c1-18(2)28(32(38)41-4)35-43(39,40)24-16-12-21(13-17-24)20-10-14-23(15-11-20)33-31(37)29-19(3)27-25(6-5-7-26(27)42-29)34-30(36)22-8-9-22/h5-7,10-18,22,28,35H,8-9H2,1-4H3,(H,33,37)(H,34,36)/t28-/m0/s1. The minimum Gasteiger partial charge on any atom is -0.468 e. The van der Waals surface area contributed by atoms with Gasteiger partial charge in [0.05, 0.1) is 17.7 Å². The van der Waals surface area contributed by atoms with Crippen molar-refractivity contribution in [3.05, 3.63) is 78.1 Å². The van der Waals surface area contributed by atoms with Gasteiger partial charge in [-0.3, -0.25) is 14.4 Å². The molecule has 1 fully saturated rings. The molecule has 224 valence electrons. The second-order valence-corrected chi connectivity index (χ2v) is 12.6. The van der Waals surface area contributed by atoms with Crippen molar-refractivity contribution in [3.63, 3.8) is 0 Å². The van der Waals surface area contributed by atoms with Crippen molar-refractivity contribution in [3.8, 4) is 11.1 Å². The number of methoxy groups -OCH3 is 1. The highest BCUT2D eigenvalue weighted by Gasteiger charge is 2.31. The fourth-order valence-electron chi connectivity index (χ4n) is 4.78. The third-order valence-electron chi connectivity index (χ3n) is 7.41. The number of aryl methyl sites for hydroxylation is 1. The molecule has 5 rings (SSSR count). The number of hydrogen-bond acceptors (Lipinski definition) is 7. The first kappa shape index (κ1) is 30.0. The van der Waals surface area contributed by atoms with Gasteiger partial charge in [0.25, 0.3) is 5.91 Å². The van der Waals surface area contributed by atoms with Crippen LogP contribution in [0.2, 0.25) is 0 Å². The average Bonchev–Trinajstić information content (AvgIpc) is 3.79. The van der Waals surface area contributed by atoms with Crippen LogP contribution in [-0.4, -0.2) is 39.4 Å². The highest BCUT2D eigenvalue weighted by Crippen LogP contribution is 2.35. The summed E-state index contributed by atoms with van der Waals surface area (Å²) in [5.41, 5.74) is 3.88. The highest BCUT2D eigenvalue weighted by molar-refractivity contribution is 7.89. The van der Waals surface area contributed by atoms with Gasteiger partial charge in [0.2, 0.25) is 15.9 Å². The third-order valence-corrected chi connectivity index (χ3v) is 8.87. The molecule has 0 saturated heterocycles. The number of carbonyl (C=O) groups is 3. The number of nitrogens with one attached hydrogen (secondary N) is 3. The van der Waals surface area contributed by atoms with Crippen molar-refractivity contribution < 1.29 is 32.0 Å². The van der Waals surface area contributed by atoms with E-state index in [0.717, 1.165) is 24.0 Å². The number of carbonyl (C=O) groups excluding carboxylic acids is 3. The molecule has 10 nitrogen and oxygen atoms in total. The Morgan fingerprint density at radius 1 is 0.907 bits per heavy atom. The van der Waals surface area contributed by atoms with E-state index < -0.39 is 27.9 Å². The van der Waals surface area contributed by atoms with Crippen LogP contribution in [0.5, 0.6) is 0 Å². The SMILES string of the molecule is COC(=O)[C@@H](NS(=O)(=O)c1ccc(-c2ccc(NC(=O)c3oc4cccc(NC(=O)C5CC5)c4c3C)cc2)cc1)C(C)C. The number of fused-ring (bicyclic) bond motifs is 1. The van der Waals surface area contributed by atoms with E-state index in [-0.39, 0.29) is 28.4 Å². The lowest BCUT2D eigenvalue weighted by atomic mass is 10.1. The van der Waals surface area contributed by atoms with Crippen LogP contribution in [0, 0.1) is 18.8 Å². The summed E-state index contributed by atoms with van der Waals surface area (Å²) < 4.78 is 38.8. The summed E-state index contributed by atoms with van der Waals surface area (Å²) in [6.45, 7) is 5.24. The molecule has 0 unspecified atom stereocenters. The first-order chi connectivity index (χ1) is 20.5. The minimum atomic E-state index is -3.96. The normalized spacial score (nSPS) is 14.0. The van der Waals surface area contributed by atoms with Crippen molar-refractivity contribution >= 4 is 50.2 Å². The average molecular weight is 604 g/mol. The molecule has 0 radical (unpaired) electrons. The van der Waals surface area contributed by atoms with Gasteiger partial charge in [-0.15, -0.1) is 0 Å². The quantitative estimate of drug-likeness (QED) is 0.204. The van der Waals surface area contributed by atoms with Crippen LogP contribution in [-0.2, 0) is 24.3 Å². The van der Waals surface area contributed by atoms with Crippen LogP contribution in [0.15, 0.2) is 76.0 Å². The Morgan fingerprint density at radius 2 is 1.53 bits per heavy atom. The number of ether oxygens (including phenoxy) is 1. The molecule has 3 aromatic carbocycles. The van der Waals surface area contributed by atoms with Gasteiger partial charge in [-0.25, -0.2) is 8.42 Å². The monoisotopic (exact) mass is 603 g/mol. The largest absolute Gasteiger partial charge is 0.468 e. The zero-order chi connectivity index (χ0) is 30.9. The van der Waals surface area contributed by atoms with Gasteiger partial charge in [0, 0.05) is 22.6 Å². The molecule has 1 heterocycles. The van der Waals surface area contributed by atoms with Crippen LogP contribution in [0.25, 0.3) is 22.1 Å². The van der Waals surface area contributed by atoms with Crippen LogP contribution in [0.3, 0.4) is 0 Å². The van der Waals surface area contributed by atoms with E-state index in [1.165, 1.54) is 19.2 Å². The predicted octanol–water partition coefficient (Wildman–Crippen LogP) is 5.48. The van der Waals surface area contributed by atoms with Gasteiger partial charge in [0.1, 0.15) is 11.6 Å². The molecule has 3 N–H and O–H groups in total. The van der Waals surface area contributed by atoms with Gasteiger partial charge >= 0.3 is 5.97 Å². The van der Waals surface area contributed by atoms with Crippen LogP contribution < -0.4 is 15.4 Å². The summed E-state index contributed by atoms with van der Waals surface area (Å²) in [4.78, 5) is 37.5. The number of rotatable bonds is 10. The highest BCUT2D eigenvalue weighted by atomic mass is 32.2. The number of hydrogen-bond donors (Lipinski definition) is 3. The minimum absolute atomic E-state index is 0.0196. The molecule has 2 amide bonds. The summed E-state index contributed by atoms with van der Waals surface area (Å²) in [5, 5.41) is 6.51. The maximum atomic E-state index is 13.1. The van der Waals surface area contributed by atoms with E-state index in [1.54, 1.807) is 75.4 Å². The van der Waals surface area contributed by atoms with Crippen molar-refractivity contribution in [2.24, 2.45) is 11.8 Å². The lowest BCUT2D eigenvalue weighted by Crippen LogP contribution is -2.44. The van der Waals surface area contributed by atoms with Crippen LogP contribution >= 0.6 is 0 Å². The Morgan fingerprint density at radius 3 is 2.12 bits per heavy atom. The molecule has 0 aliphatic heterocycles. The molecular formula is C32H33N3O7S. The zero-order valence-electron chi connectivity index (χ0n) is 24.3. The number of furan rings is 1. The van der Waals surface area contributed by atoms with E-state index in [2.05, 4.69) is 15.4 Å². The van der Waals surface area contributed by atoms with Gasteiger partial charge in [-0.1, -0.05) is 44.2 Å². The number of esters is 1. The molecule has 11 heteroatoms. The third kappa shape index (κ3) is 6.47. The molecule has 1 aliphatic rings. The Labute approximate surface area is 249 Å². The first-order valence-electron chi connectivity index (χ1n) is 13.9. The lowest BCUT2D eigenvalue weighted by Gasteiger charge is -2.19. The maximum absolute atomic E-state index is 13.1. The summed E-state index contributed by atoms with van der Waals surface area (Å²) in [7, 11) is -2.74. The van der Waals surface area contributed by atoms with Crippen LogP contribution in [0.1, 0.15) is 42.8 Å². The maximum Gasteiger partial charge on any atom is 0.324 e. The smallest absolute Gasteiger partial charge is 0.324 e. The van der Waals surface area contributed by atoms with E-state index in [0.29, 0.717) is 27.9 Å². The Balaban J connectivity index is 1.28. The second-order valence-electron chi connectivity index (χ2n) is 10.9. The number of benzene rings is 3. The molecule has 4 aromatic rings. The van der Waals surface area contributed by atoms with Crippen molar-refractivity contribution in [2.75, 3.05) is 17.7 Å². The summed E-state index contributed by atoms with van der Waals surface area (Å²) in [5.74, 6) is -1.19. The molecule has 1 atom stereocenters. The fraction of sp³-hybridized carbons (Fsp3) is 0.281. The van der Waals surface area contributed by atoms with Crippen molar-refractivity contribution in [1.29, 1.82) is 0 Å². The Hall–Kier alpha value is -4.48. The molecule has 0 spiro atoms. The number of amides is 2. The van der Waals surface area contributed by atoms with Crippen LogP contribution in [0.4, 0.5) is 11.4 Å². The lowest BCUT2D eigenvalue weighted by molar-refractivity contribution is -0.143. The molecular weight excluding hydrogens is 570 g/mol. The predicted molar refractivity (Wildman–Crippen MR) is 163 cm³/mol. The Bertz CT molecular complexity index is 1790. The summed E-state index contributed by atoms with van der Waals surface area (Å²) in [6.07, 6.45) is 1.78. The fourth-order valence-corrected chi connectivity index (χ4v) is 6.12. The van der Waals surface area contributed by atoms with Gasteiger partial charge in [-0.05, 0) is 73.2 Å². The zero-order valence-corrected chi connectivity index (χ0v) is 25.1. The Kier molecular flexibility index (Phi) is 8.38. The topological polar surface area (TPSA) is 144 Å². The molecule has 0 bridgehead atoms. The van der Waals surface area contributed by atoms with E-state index in [9.17, 15) is 22.8 Å². The number of anilines is 2. The molecule has 1 saturated carbocycles. The summed E-state index contributed by atoms with van der Waals surface area (Å²) in [6, 6.07) is 17.7.